The molecule has 0 fully saturated rings. The van der Waals surface area contributed by atoms with Gasteiger partial charge < -0.3 is 30.8 Å². The molecule has 142 valence electrons. The third kappa shape index (κ3) is 5.94. The Morgan fingerprint density at radius 2 is 1.88 bits per heavy atom. The van der Waals surface area contributed by atoms with E-state index in [-0.39, 0.29) is 11.4 Å². The minimum absolute atomic E-state index is 0.0699. The quantitative estimate of drug-likeness (QED) is 0.153. The first-order chi connectivity index (χ1) is 11.5. The second kappa shape index (κ2) is 8.59. The number of rotatable bonds is 10. The van der Waals surface area contributed by atoms with Crippen LogP contribution in [0.5, 0.6) is 0 Å². The Balaban J connectivity index is 3.02. The highest BCUT2D eigenvalue weighted by Gasteiger charge is 2.40. The molecule has 0 spiro atoms. The average Bonchev–Trinajstić information content (AvgIpc) is 2.49. The van der Waals surface area contributed by atoms with Gasteiger partial charge in [-0.2, -0.15) is 0 Å². The van der Waals surface area contributed by atoms with E-state index in [0.29, 0.717) is 17.8 Å². The normalized spacial score (nSPS) is 14.0. The fraction of sp³-hybridized carbons (Fsp3) is 0.571. The number of nitrogens with zero attached hydrogens (tertiary/aromatic N) is 1. The summed E-state index contributed by atoms with van der Waals surface area (Å²) in [5.41, 5.74) is 1.17. The van der Waals surface area contributed by atoms with E-state index < -0.39 is 24.4 Å². The third-order valence-electron chi connectivity index (χ3n) is 3.70. The van der Waals surface area contributed by atoms with Crippen molar-refractivity contribution < 1.29 is 24.4 Å². The monoisotopic (exact) mass is 376 g/mol. The zero-order valence-electron chi connectivity index (χ0n) is 14.4. The molecule has 1 rings (SSSR count). The average molecular weight is 376 g/mol. The van der Waals surface area contributed by atoms with Gasteiger partial charge in [-0.3, -0.25) is 14.7 Å². The van der Waals surface area contributed by atoms with Gasteiger partial charge in [-0.05, 0) is 45.5 Å². The van der Waals surface area contributed by atoms with Gasteiger partial charge in [-0.25, -0.2) is 0 Å². The molecule has 0 amide bonds. The molecule has 0 aliphatic heterocycles. The number of anilines is 2. The molecule has 0 heterocycles. The van der Waals surface area contributed by atoms with Crippen molar-refractivity contribution in [2.75, 3.05) is 37.3 Å². The van der Waals surface area contributed by atoms with Gasteiger partial charge in [0.1, 0.15) is 5.69 Å². The predicted molar refractivity (Wildman–Crippen MR) is 96.0 cm³/mol. The summed E-state index contributed by atoms with van der Waals surface area (Å²) in [5, 5.41) is 27.5. The number of nitro benzene ring substituents is 1. The van der Waals surface area contributed by atoms with E-state index in [9.17, 15) is 19.8 Å². The lowest BCUT2D eigenvalue weighted by atomic mass is 10.1. The number of aliphatic hydroxyl groups is 1. The highest BCUT2D eigenvalue weighted by molar-refractivity contribution is 7.53. The van der Waals surface area contributed by atoms with E-state index in [1.165, 1.54) is 12.1 Å². The van der Waals surface area contributed by atoms with Gasteiger partial charge in [0, 0.05) is 18.3 Å². The van der Waals surface area contributed by atoms with Crippen LogP contribution in [0, 0.1) is 17.0 Å². The molecule has 25 heavy (non-hydrogen) atoms. The minimum atomic E-state index is -4.79. The molecule has 0 bridgehead atoms. The first-order valence-corrected chi connectivity index (χ1v) is 9.30. The van der Waals surface area contributed by atoms with Crippen LogP contribution in [-0.4, -0.2) is 51.8 Å². The summed E-state index contributed by atoms with van der Waals surface area (Å²) in [6.07, 6.45) is 0.850. The van der Waals surface area contributed by atoms with Crippen molar-refractivity contribution in [1.82, 2.24) is 5.32 Å². The summed E-state index contributed by atoms with van der Waals surface area (Å²) in [6, 6.07) is 2.87. The van der Waals surface area contributed by atoms with Crippen LogP contribution in [0.4, 0.5) is 17.1 Å². The topological polar surface area (TPSA) is 157 Å². The molecule has 6 N–H and O–H groups in total. The van der Waals surface area contributed by atoms with Crippen molar-refractivity contribution in [2.24, 2.45) is 0 Å². The second-order valence-electron chi connectivity index (χ2n) is 5.94. The van der Waals surface area contributed by atoms with E-state index >= 15 is 0 Å². The fourth-order valence-corrected chi connectivity index (χ4v) is 2.31. The lowest BCUT2D eigenvalue weighted by Crippen LogP contribution is -2.33. The van der Waals surface area contributed by atoms with Crippen LogP contribution in [0.1, 0.15) is 18.9 Å². The van der Waals surface area contributed by atoms with E-state index in [0.717, 1.165) is 19.9 Å². The number of hydrogen-bond donors (Lipinski definition) is 6. The molecule has 11 heteroatoms. The van der Waals surface area contributed by atoms with Gasteiger partial charge in [0.05, 0.1) is 11.5 Å². The molecule has 1 unspecified atom stereocenters. The first-order valence-electron chi connectivity index (χ1n) is 7.69. The van der Waals surface area contributed by atoms with Crippen molar-refractivity contribution in [2.45, 2.75) is 25.6 Å². The van der Waals surface area contributed by atoms with Crippen molar-refractivity contribution in [3.05, 3.63) is 27.8 Å². The van der Waals surface area contributed by atoms with Crippen LogP contribution in [0.2, 0.25) is 0 Å². The van der Waals surface area contributed by atoms with Gasteiger partial charge >= 0.3 is 7.60 Å². The Morgan fingerprint density at radius 1 is 1.24 bits per heavy atom. The Kier molecular flexibility index (Phi) is 7.33. The number of nitrogens with one attached hydrogen (secondary N) is 3. The van der Waals surface area contributed by atoms with Crippen LogP contribution >= 0.6 is 7.60 Å². The highest BCUT2D eigenvalue weighted by Crippen LogP contribution is 2.48. The van der Waals surface area contributed by atoms with Gasteiger partial charge in [-0.1, -0.05) is 0 Å². The maximum absolute atomic E-state index is 11.3. The summed E-state index contributed by atoms with van der Waals surface area (Å²) < 4.78 is 11.3. The zero-order chi connectivity index (χ0) is 19.3. The number of hydrogen-bond acceptors (Lipinski definition) is 7. The highest BCUT2D eigenvalue weighted by atomic mass is 31.2. The summed E-state index contributed by atoms with van der Waals surface area (Å²) in [4.78, 5) is 28.9. The summed E-state index contributed by atoms with van der Waals surface area (Å²) in [7, 11) is -2.95. The van der Waals surface area contributed by atoms with Crippen LogP contribution in [0.15, 0.2) is 12.1 Å². The van der Waals surface area contributed by atoms with E-state index in [4.69, 9.17) is 9.79 Å². The Hall–Kier alpha value is -1.71. The van der Waals surface area contributed by atoms with Crippen molar-refractivity contribution in [3.8, 4) is 0 Å². The van der Waals surface area contributed by atoms with Crippen LogP contribution in [0.25, 0.3) is 0 Å². The molecule has 0 aliphatic rings. The lowest BCUT2D eigenvalue weighted by Gasteiger charge is -2.25. The van der Waals surface area contributed by atoms with Crippen LogP contribution in [-0.2, 0) is 4.57 Å². The molecule has 0 saturated carbocycles. The van der Waals surface area contributed by atoms with E-state index in [2.05, 4.69) is 16.0 Å². The second-order valence-corrected chi connectivity index (χ2v) is 7.99. The van der Waals surface area contributed by atoms with E-state index in [1.807, 2.05) is 7.05 Å². The number of benzene rings is 1. The standard InChI is InChI=1S/C14H25N4O6P/c1-10-7-13(18(20)21)12(8-11(10)16-6-4-5-15-3)17-9-14(2,19)25(22,23)24/h7-8,15-17,19H,4-6,9H2,1-3H3,(H2,22,23,24). The molecule has 10 nitrogen and oxygen atoms in total. The zero-order valence-corrected chi connectivity index (χ0v) is 15.3. The third-order valence-corrected chi connectivity index (χ3v) is 5.11. The molecular formula is C14H25N4O6P. The molecule has 1 aromatic carbocycles. The molecular weight excluding hydrogens is 351 g/mol. The fourth-order valence-electron chi connectivity index (χ4n) is 2.03. The molecule has 1 atom stereocenters. The largest absolute Gasteiger partial charge is 0.385 e. The Labute approximate surface area is 145 Å². The Bertz CT molecular complexity index is 661. The van der Waals surface area contributed by atoms with Gasteiger partial charge in [0.2, 0.25) is 0 Å². The van der Waals surface area contributed by atoms with Crippen LogP contribution < -0.4 is 16.0 Å². The molecule has 1 aromatic rings. The lowest BCUT2D eigenvalue weighted by molar-refractivity contribution is -0.384. The van der Waals surface area contributed by atoms with Gasteiger partial charge in [0.15, 0.2) is 5.34 Å². The molecule has 0 aromatic heterocycles. The molecule has 0 saturated heterocycles. The van der Waals surface area contributed by atoms with Crippen molar-refractivity contribution in [3.63, 3.8) is 0 Å². The first kappa shape index (κ1) is 21.3. The molecule has 0 radical (unpaired) electrons. The predicted octanol–water partition coefficient (Wildman–Crippen LogP) is 1.22. The summed E-state index contributed by atoms with van der Waals surface area (Å²) in [5.74, 6) is 0. The smallest absolute Gasteiger partial charge is 0.358 e. The number of aryl methyl sites for hydroxylation is 1. The minimum Gasteiger partial charge on any atom is -0.385 e. The number of nitro groups is 1. The van der Waals surface area contributed by atoms with Crippen molar-refractivity contribution in [1.29, 1.82) is 0 Å². The summed E-state index contributed by atoms with van der Waals surface area (Å²) in [6.45, 7) is 3.62. The van der Waals surface area contributed by atoms with Gasteiger partial charge in [-0.15, -0.1) is 0 Å². The maximum atomic E-state index is 11.3. The molecule has 0 aliphatic carbocycles. The van der Waals surface area contributed by atoms with Crippen molar-refractivity contribution >= 4 is 24.7 Å². The summed E-state index contributed by atoms with van der Waals surface area (Å²) >= 11 is 0. The Morgan fingerprint density at radius 3 is 2.40 bits per heavy atom. The van der Waals surface area contributed by atoms with Gasteiger partial charge in [0.25, 0.3) is 5.69 Å². The SMILES string of the molecule is CNCCCNc1cc(NCC(C)(O)P(=O)(O)O)c([N+](=O)[O-])cc1C. The van der Waals surface area contributed by atoms with E-state index in [1.54, 1.807) is 6.92 Å². The van der Waals surface area contributed by atoms with Crippen LogP contribution in [0.3, 0.4) is 0 Å². The maximum Gasteiger partial charge on any atom is 0.358 e.